The summed E-state index contributed by atoms with van der Waals surface area (Å²) in [6, 6.07) is 0. The Bertz CT molecular complexity index is 792. The molecule has 0 amide bonds. The van der Waals surface area contributed by atoms with Gasteiger partial charge in [-0.2, -0.15) is 0 Å². The third-order valence-electron chi connectivity index (χ3n) is 9.96. The zero-order valence-corrected chi connectivity index (χ0v) is 19.5. The number of hydrogen-bond acceptors (Lipinski definition) is 5. The first kappa shape index (κ1) is 21.3. The molecule has 0 aromatic heterocycles. The Kier molecular flexibility index (Phi) is 4.62. The molecule has 5 fully saturated rings. The average molecular weight is 487 g/mol. The molecule has 4 saturated carbocycles. The molecule has 0 aromatic rings. The second-order valence-corrected chi connectivity index (χ2v) is 12.4. The van der Waals surface area contributed by atoms with Crippen LogP contribution in [0.2, 0.25) is 0 Å². The number of ether oxygens (including phenoxy) is 2. The van der Waals surface area contributed by atoms with Crippen molar-refractivity contribution in [2.45, 2.75) is 94.0 Å². The number of esters is 1. The quantitative estimate of drug-likeness (QED) is 0.373. The highest BCUT2D eigenvalue weighted by Crippen LogP contribution is 2.75. The zero-order valence-electron chi connectivity index (χ0n) is 18.0. The molecule has 5 nitrogen and oxygen atoms in total. The van der Waals surface area contributed by atoms with Gasteiger partial charge in [-0.25, -0.2) is 4.39 Å². The molecule has 1 aliphatic heterocycles. The fraction of sp³-hybridized carbons (Fsp3) is 0.913. The Balaban J connectivity index is 1.44. The molecule has 7 heteroatoms. The number of hydrogen-bond donors (Lipinski definition) is 1. The number of fused-ring (bicyclic) bond motifs is 7. The molecule has 10 atom stereocenters. The number of carbonyl (C=O) groups excluding carboxylic acids is 2. The van der Waals surface area contributed by atoms with E-state index in [0.29, 0.717) is 18.8 Å². The van der Waals surface area contributed by atoms with Crippen LogP contribution in [0.15, 0.2) is 0 Å². The van der Waals surface area contributed by atoms with Gasteiger partial charge in [0.05, 0.1) is 16.5 Å². The van der Waals surface area contributed by atoms with E-state index in [1.165, 1.54) is 6.92 Å². The second-order valence-electron chi connectivity index (χ2n) is 11.0. The molecule has 1 N–H and O–H groups in total. The third kappa shape index (κ3) is 2.46. The number of rotatable bonds is 3. The van der Waals surface area contributed by atoms with E-state index < -0.39 is 28.2 Å². The topological polar surface area (TPSA) is 76.1 Å². The smallest absolute Gasteiger partial charge is 0.303 e. The van der Waals surface area contributed by atoms with E-state index in [1.807, 2.05) is 0 Å². The van der Waals surface area contributed by atoms with Crippen LogP contribution in [0.25, 0.3) is 0 Å². The van der Waals surface area contributed by atoms with Gasteiger partial charge < -0.3 is 14.6 Å². The lowest BCUT2D eigenvalue weighted by molar-refractivity contribution is -0.162. The molecule has 0 aromatic carbocycles. The van der Waals surface area contributed by atoms with Crippen LogP contribution in [0, 0.1) is 28.6 Å². The van der Waals surface area contributed by atoms with E-state index in [1.54, 1.807) is 0 Å². The highest BCUT2D eigenvalue weighted by molar-refractivity contribution is 9.10. The molecule has 5 aliphatic rings. The average Bonchev–Trinajstić information content (AvgIpc) is 3.35. The van der Waals surface area contributed by atoms with Crippen molar-refractivity contribution in [1.29, 1.82) is 0 Å². The summed E-state index contributed by atoms with van der Waals surface area (Å²) in [4.78, 5) is 24.3. The summed E-state index contributed by atoms with van der Waals surface area (Å²) < 4.78 is 26.1. The fourth-order valence-corrected chi connectivity index (χ4v) is 9.41. The van der Waals surface area contributed by atoms with Gasteiger partial charge in [0.1, 0.15) is 6.17 Å². The van der Waals surface area contributed by atoms with Crippen LogP contribution in [-0.4, -0.2) is 51.8 Å². The Morgan fingerprint density at radius 3 is 2.57 bits per heavy atom. The van der Waals surface area contributed by atoms with Gasteiger partial charge in [0.25, 0.3) is 0 Å². The van der Waals surface area contributed by atoms with E-state index in [4.69, 9.17) is 9.47 Å². The lowest BCUT2D eigenvalue weighted by atomic mass is 9.44. The number of aliphatic hydroxyl groups excluding tert-OH is 1. The van der Waals surface area contributed by atoms with Crippen LogP contribution >= 0.6 is 15.9 Å². The third-order valence-corrected chi connectivity index (χ3v) is 11.7. The van der Waals surface area contributed by atoms with Crippen molar-refractivity contribution in [3.8, 4) is 0 Å². The predicted octanol–water partition coefficient (Wildman–Crippen LogP) is 3.74. The number of epoxide rings is 1. The molecular formula is C23H32BrFO5. The lowest BCUT2D eigenvalue weighted by Crippen LogP contribution is -2.65. The summed E-state index contributed by atoms with van der Waals surface area (Å²) in [5, 5.41) is 10.3. The molecule has 168 valence electrons. The Morgan fingerprint density at radius 2 is 1.87 bits per heavy atom. The van der Waals surface area contributed by atoms with E-state index in [-0.39, 0.29) is 41.2 Å². The highest BCUT2D eigenvalue weighted by Gasteiger charge is 2.81. The van der Waals surface area contributed by atoms with Gasteiger partial charge >= 0.3 is 5.97 Å². The minimum atomic E-state index is -1.02. The van der Waals surface area contributed by atoms with Gasteiger partial charge in [0.15, 0.2) is 12.2 Å². The zero-order chi connectivity index (χ0) is 21.7. The molecule has 0 bridgehead atoms. The number of carbonyl (C=O) groups is 2. The largest absolute Gasteiger partial charge is 0.458 e. The van der Waals surface area contributed by atoms with Crippen LogP contribution in [0.5, 0.6) is 0 Å². The second kappa shape index (κ2) is 6.50. The molecule has 0 radical (unpaired) electrons. The minimum absolute atomic E-state index is 0.135. The van der Waals surface area contributed by atoms with Crippen molar-refractivity contribution in [3.63, 3.8) is 0 Å². The van der Waals surface area contributed by atoms with Gasteiger partial charge in [0.2, 0.25) is 5.78 Å². The van der Waals surface area contributed by atoms with Crippen molar-refractivity contribution in [1.82, 2.24) is 0 Å². The summed E-state index contributed by atoms with van der Waals surface area (Å²) >= 11 is 3.81. The van der Waals surface area contributed by atoms with E-state index in [9.17, 15) is 14.7 Å². The first-order valence-electron chi connectivity index (χ1n) is 11.3. The standard InChI is InChI=1S/C23H32BrFO5/c1-12(26)29-11-18(28)23-19(30-23)9-16-14-8-17(25)22(24)10-13(27)4-6-20(22,2)15(14)5-7-21(16,23)3/h13-17,19,27H,4-11H2,1-3H3/t13-,14+,15-,16+,17+,19-,20+,21+,22-,23-/m0/s1. The molecule has 30 heavy (non-hydrogen) atoms. The number of alkyl halides is 2. The normalized spacial score (nSPS) is 56.2. The summed E-state index contributed by atoms with van der Waals surface area (Å²) in [5.74, 6) is 0.205. The molecule has 0 unspecified atom stereocenters. The van der Waals surface area contributed by atoms with Crippen molar-refractivity contribution in [2.75, 3.05) is 6.61 Å². The summed E-state index contributed by atoms with van der Waals surface area (Å²) in [6.07, 6.45) is 3.45. The summed E-state index contributed by atoms with van der Waals surface area (Å²) in [5.41, 5.74) is -1.42. The minimum Gasteiger partial charge on any atom is -0.458 e. The van der Waals surface area contributed by atoms with Crippen LogP contribution in [-0.2, 0) is 19.1 Å². The van der Waals surface area contributed by atoms with Gasteiger partial charge in [0, 0.05) is 12.3 Å². The number of aliphatic hydroxyl groups is 1. The SMILES string of the molecule is CC(=O)OCC(=O)[C@]12O[C@H]1C[C@@H]1[C@@H]3C[C@@H](F)[C@@]4(Br)C[C@@H](O)CC[C@]4(C)[C@H]3CC[C@]12C. The van der Waals surface area contributed by atoms with Gasteiger partial charge in [-0.3, -0.25) is 9.59 Å². The molecule has 5 rings (SSSR count). The van der Waals surface area contributed by atoms with Crippen molar-refractivity contribution < 1.29 is 28.6 Å². The summed E-state index contributed by atoms with van der Waals surface area (Å²) in [6.45, 7) is 5.42. The van der Waals surface area contributed by atoms with Crippen molar-refractivity contribution >= 4 is 27.7 Å². The van der Waals surface area contributed by atoms with Gasteiger partial charge in [-0.15, -0.1) is 0 Å². The molecule has 1 saturated heterocycles. The number of Topliss-reactive ketones (excluding diaryl/α,β-unsaturated/α-hetero) is 1. The molecular weight excluding hydrogens is 455 g/mol. The Morgan fingerprint density at radius 1 is 1.17 bits per heavy atom. The monoisotopic (exact) mass is 486 g/mol. The van der Waals surface area contributed by atoms with Crippen LogP contribution < -0.4 is 0 Å². The predicted molar refractivity (Wildman–Crippen MR) is 111 cm³/mol. The highest BCUT2D eigenvalue weighted by atomic mass is 79.9. The van der Waals surface area contributed by atoms with Crippen LogP contribution in [0.4, 0.5) is 4.39 Å². The fourth-order valence-electron chi connectivity index (χ4n) is 8.36. The summed E-state index contributed by atoms with van der Waals surface area (Å²) in [7, 11) is 0. The van der Waals surface area contributed by atoms with Gasteiger partial charge in [-0.05, 0) is 68.1 Å². The lowest BCUT2D eigenvalue weighted by Gasteiger charge is -2.65. The molecule has 4 aliphatic carbocycles. The Hall–Kier alpha value is -0.530. The first-order valence-corrected chi connectivity index (χ1v) is 12.1. The van der Waals surface area contributed by atoms with Crippen molar-refractivity contribution in [3.05, 3.63) is 0 Å². The number of ketones is 1. The van der Waals surface area contributed by atoms with Crippen LogP contribution in [0.3, 0.4) is 0 Å². The van der Waals surface area contributed by atoms with Crippen molar-refractivity contribution in [2.24, 2.45) is 28.6 Å². The molecule has 0 spiro atoms. The first-order chi connectivity index (χ1) is 14.0. The Labute approximate surface area is 185 Å². The van der Waals surface area contributed by atoms with Gasteiger partial charge in [-0.1, -0.05) is 29.8 Å². The maximum Gasteiger partial charge on any atom is 0.303 e. The maximum atomic E-state index is 15.7. The van der Waals surface area contributed by atoms with E-state index in [2.05, 4.69) is 29.8 Å². The maximum absolute atomic E-state index is 15.7. The van der Waals surface area contributed by atoms with Crippen LogP contribution in [0.1, 0.15) is 65.7 Å². The number of halogens is 2. The van der Waals surface area contributed by atoms with E-state index in [0.717, 1.165) is 32.1 Å². The van der Waals surface area contributed by atoms with E-state index >= 15 is 4.39 Å². The molecule has 1 heterocycles.